The van der Waals surface area contributed by atoms with Crippen LogP contribution in [0.4, 0.5) is 0 Å². The lowest BCUT2D eigenvalue weighted by Crippen LogP contribution is -2.70. The van der Waals surface area contributed by atoms with Crippen LogP contribution in [0.25, 0.3) is 0 Å². The normalized spacial score (nSPS) is 37.5. The number of unbranched alkanes of at least 4 members (excludes halogenated alkanes) is 5. The fourth-order valence-electron chi connectivity index (χ4n) is 12.0. The lowest BCUT2D eigenvalue weighted by Gasteiger charge is -2.51. The molecule has 25 atom stereocenters. The van der Waals surface area contributed by atoms with E-state index in [4.69, 9.17) is 37.9 Å². The first-order chi connectivity index (χ1) is 42.0. The summed E-state index contributed by atoms with van der Waals surface area (Å²) in [6.45, 7) is 2.83. The van der Waals surface area contributed by atoms with Crippen LogP contribution in [-0.2, 0) is 52.3 Å². The van der Waals surface area contributed by atoms with Crippen LogP contribution in [-0.4, -0.2) is 271 Å². The minimum atomic E-state index is -1.95. The Labute approximate surface area is 509 Å². The van der Waals surface area contributed by atoms with Gasteiger partial charge in [-0.2, -0.15) is 0 Å². The van der Waals surface area contributed by atoms with E-state index in [0.717, 1.165) is 53.4 Å². The second-order valence-corrected chi connectivity index (χ2v) is 23.0. The van der Waals surface area contributed by atoms with Crippen molar-refractivity contribution >= 4 is 29.5 Å². The van der Waals surface area contributed by atoms with Crippen LogP contribution in [0.5, 0.6) is 5.75 Å². The van der Waals surface area contributed by atoms with Gasteiger partial charge < -0.3 is 126 Å². The molecule has 0 aromatic heterocycles. The highest BCUT2D eigenvalue weighted by Crippen LogP contribution is 2.39. The quantitative estimate of drug-likeness (QED) is 0.0289. The van der Waals surface area contributed by atoms with Gasteiger partial charge in [0, 0.05) is 71.1 Å². The third-order valence-corrected chi connectivity index (χ3v) is 16.4. The molecule has 30 heteroatoms. The lowest BCUT2D eigenvalue weighted by atomic mass is 9.77. The van der Waals surface area contributed by atoms with Crippen molar-refractivity contribution in [2.45, 2.75) is 233 Å². The van der Waals surface area contributed by atoms with Crippen molar-refractivity contribution in [3.8, 4) is 17.6 Å². The van der Waals surface area contributed by atoms with E-state index in [1.54, 1.807) is 12.1 Å². The molecule has 0 spiro atoms. The minimum Gasteiger partial charge on any atom is -0.494 e. The van der Waals surface area contributed by atoms with Gasteiger partial charge in [0.2, 0.25) is 23.6 Å². The van der Waals surface area contributed by atoms with Gasteiger partial charge in [0.15, 0.2) is 18.9 Å². The summed E-state index contributed by atoms with van der Waals surface area (Å²) < 4.78 is 48.7. The Balaban J connectivity index is 1.18. The zero-order valence-corrected chi connectivity index (χ0v) is 50.0. The molecule has 3 heterocycles. The number of rotatable bonds is 27. The number of hydrogen-bond donors (Lipinski definition) is 17. The number of carbonyl (C=O) groups excluding carboxylic acids is 5. The van der Waals surface area contributed by atoms with Crippen molar-refractivity contribution in [3.63, 3.8) is 0 Å². The van der Waals surface area contributed by atoms with E-state index in [1.807, 2.05) is 0 Å². The van der Waals surface area contributed by atoms with E-state index in [1.165, 1.54) is 18.6 Å². The molecule has 2 saturated carbocycles. The highest BCUT2D eigenvalue weighted by atomic mass is 16.7. The van der Waals surface area contributed by atoms with E-state index in [-0.39, 0.29) is 18.4 Å². The summed E-state index contributed by atoms with van der Waals surface area (Å²) in [6.07, 6.45) is -23.7. The van der Waals surface area contributed by atoms with Crippen LogP contribution in [0.1, 0.15) is 103 Å². The maximum Gasteiger partial charge on any atom is 0.251 e. The van der Waals surface area contributed by atoms with Gasteiger partial charge in [-0.25, -0.2) is 0 Å². The average molecular weight is 1260 g/mol. The van der Waals surface area contributed by atoms with Gasteiger partial charge in [-0.3, -0.25) is 24.0 Å². The molecule has 6 rings (SSSR count). The largest absolute Gasteiger partial charge is 0.494 e. The van der Waals surface area contributed by atoms with Gasteiger partial charge in [-0.15, -0.1) is 11.8 Å². The molecule has 3 saturated heterocycles. The summed E-state index contributed by atoms with van der Waals surface area (Å²) in [5, 5.41) is 146. The van der Waals surface area contributed by atoms with Gasteiger partial charge in [0.1, 0.15) is 91.0 Å². The maximum atomic E-state index is 13.9. The molecule has 2 aliphatic carbocycles. The number of benzene rings is 1. The molecule has 0 bridgehead atoms. The maximum absolute atomic E-state index is 13.9. The number of amides is 5. The highest BCUT2D eigenvalue weighted by molar-refractivity contribution is 5.94. The number of carbonyl (C=O) groups is 5. The summed E-state index contributed by atoms with van der Waals surface area (Å²) in [5.74, 6) is 0.830. The molecular weight excluding hydrogens is 1170 g/mol. The first kappa shape index (κ1) is 72.2. The van der Waals surface area contributed by atoms with Gasteiger partial charge >= 0.3 is 0 Å². The monoisotopic (exact) mass is 1260 g/mol. The predicted molar refractivity (Wildman–Crippen MR) is 302 cm³/mol. The van der Waals surface area contributed by atoms with Gasteiger partial charge in [-0.05, 0) is 43.9 Å². The van der Waals surface area contributed by atoms with Gasteiger partial charge in [-0.1, -0.05) is 32.3 Å². The first-order valence-electron chi connectivity index (χ1n) is 30.0. The molecule has 0 radical (unpaired) electrons. The summed E-state index contributed by atoms with van der Waals surface area (Å²) in [4.78, 5) is 64.3. The SMILES string of the molecule is CCCCCCC#CCCCOc1cccc(C(=O)N[C@@H]2C(O[C@H]3C(O)C(NC(C)=O)C(OC4C(CO)C[C@@H](O[C@H]5C(O)C(NC(C)=O)C(OC6C(CO)OC(O)[C@@H](NC(C)=O)[C@H]6O)C[C@H]5CO)[C@@H](NC(C)=O)[C@H]4O)O[C@H]3CO)OC(CO)[C@@H](O)[C@@H]2O)c1. The van der Waals surface area contributed by atoms with Crippen LogP contribution in [0.3, 0.4) is 0 Å². The Bertz CT molecular complexity index is 2460. The molecule has 13 unspecified atom stereocenters. The molecule has 17 N–H and O–H groups in total. The van der Waals surface area contributed by atoms with E-state index in [0.29, 0.717) is 25.2 Å². The van der Waals surface area contributed by atoms with E-state index in [9.17, 15) is 85.3 Å². The predicted octanol–water partition coefficient (Wildman–Crippen LogP) is -5.45. The fraction of sp³-hybridized carbons (Fsp3) is 0.776. The topological polar surface area (TPSA) is 462 Å². The number of aliphatic hydroxyl groups is 12. The number of ether oxygens (including phenoxy) is 8. The summed E-state index contributed by atoms with van der Waals surface area (Å²) in [7, 11) is 0. The fourth-order valence-corrected chi connectivity index (χ4v) is 12.0. The number of hydrogen-bond acceptors (Lipinski definition) is 25. The molecule has 5 aliphatic rings. The van der Waals surface area contributed by atoms with Crippen molar-refractivity contribution in [3.05, 3.63) is 29.8 Å². The Morgan fingerprint density at radius 2 is 0.955 bits per heavy atom. The van der Waals surface area contributed by atoms with E-state index < -0.39 is 215 Å². The molecular formula is C58H91N5O25. The molecule has 5 fully saturated rings. The van der Waals surface area contributed by atoms with Crippen molar-refractivity contribution in [2.24, 2.45) is 11.8 Å². The molecule has 30 nitrogen and oxygen atoms in total. The van der Waals surface area contributed by atoms with Crippen molar-refractivity contribution < 1.29 is 123 Å². The van der Waals surface area contributed by atoms with Crippen molar-refractivity contribution in [1.29, 1.82) is 0 Å². The van der Waals surface area contributed by atoms with E-state index >= 15 is 0 Å². The second kappa shape index (κ2) is 34.6. The molecule has 5 amide bonds. The highest BCUT2D eigenvalue weighted by Gasteiger charge is 2.57. The zero-order valence-electron chi connectivity index (χ0n) is 50.0. The Morgan fingerprint density at radius 1 is 0.500 bits per heavy atom. The van der Waals surface area contributed by atoms with Crippen LogP contribution in [0.2, 0.25) is 0 Å². The third kappa shape index (κ3) is 18.7. The standard InChI is InChI=1S/C58H91N5O25/c1-6-7-8-9-10-11-12-13-14-18-81-34-17-15-16-31(19-34)55(79)63-43-46(74)45(73)37(24-66)85-57(43)88-54-39(26-68)86-58(44(50(54)78)62-30(5)72)87-52-33(23-65)21-35(40(48(52)76)59-27(2)69)82-51-32(22-64)20-36(41(47(51)75)60-28(3)70)83-53-38(25-67)84-56(80)42(49(53)77)61-29(4)71/h15-17,19,32-33,35-54,56-58,64-68,73-78,80H,6-10,13-14,18,20-26H2,1-5H3,(H,59,69)(H,60,70)(H,61,71)(H,62,72)(H,63,79)/t32-,33?,35+,36?,37?,38?,39-,40+,41?,42-,43-,44?,45+,46+,47?,48+,49+,50?,51+,52?,53?,54+,56?,57?,58?/m0/s1. The first-order valence-corrected chi connectivity index (χ1v) is 30.0. The zero-order chi connectivity index (χ0) is 64.5. The summed E-state index contributed by atoms with van der Waals surface area (Å²) in [6, 6.07) is -1.48. The molecule has 3 aliphatic heterocycles. The molecule has 1 aromatic carbocycles. The Hall–Kier alpha value is -4.83. The van der Waals surface area contributed by atoms with Crippen LogP contribution in [0.15, 0.2) is 24.3 Å². The molecule has 498 valence electrons. The number of aliphatic hydroxyl groups excluding tert-OH is 12. The van der Waals surface area contributed by atoms with Gasteiger partial charge in [0.05, 0.1) is 62.9 Å². The number of nitrogens with one attached hydrogen (secondary N) is 5. The lowest BCUT2D eigenvalue weighted by molar-refractivity contribution is -0.342. The van der Waals surface area contributed by atoms with Gasteiger partial charge in [0.25, 0.3) is 5.91 Å². The third-order valence-electron chi connectivity index (χ3n) is 16.4. The molecule has 1 aromatic rings. The Kier molecular flexibility index (Phi) is 28.4. The van der Waals surface area contributed by atoms with Crippen LogP contribution >= 0.6 is 0 Å². The van der Waals surface area contributed by atoms with Crippen LogP contribution in [0, 0.1) is 23.7 Å². The van der Waals surface area contributed by atoms with Crippen molar-refractivity contribution in [2.75, 3.05) is 39.6 Å². The summed E-state index contributed by atoms with van der Waals surface area (Å²) >= 11 is 0. The smallest absolute Gasteiger partial charge is 0.251 e. The van der Waals surface area contributed by atoms with Crippen molar-refractivity contribution in [1.82, 2.24) is 26.6 Å². The molecule has 88 heavy (non-hydrogen) atoms. The Morgan fingerprint density at radius 3 is 1.50 bits per heavy atom. The van der Waals surface area contributed by atoms with E-state index in [2.05, 4.69) is 45.3 Å². The van der Waals surface area contributed by atoms with Crippen LogP contribution < -0.4 is 31.3 Å². The summed E-state index contributed by atoms with van der Waals surface area (Å²) in [5.41, 5.74) is 0.0593. The average Bonchev–Trinajstić information content (AvgIpc) is 1.44. The second-order valence-electron chi connectivity index (χ2n) is 23.0. The minimum absolute atomic E-state index is 0.0593.